The number of pyridine rings is 1. The van der Waals surface area contributed by atoms with E-state index in [0.29, 0.717) is 13.5 Å². The second-order valence-corrected chi connectivity index (χ2v) is 8.58. The van der Waals surface area contributed by atoms with Crippen molar-refractivity contribution in [2.45, 2.75) is 63.3 Å². The molecule has 2 aromatic rings. The molecule has 1 aromatic heterocycles. The van der Waals surface area contributed by atoms with E-state index in [4.69, 9.17) is 5.73 Å². The summed E-state index contributed by atoms with van der Waals surface area (Å²) in [4.78, 5) is 30.1. The van der Waals surface area contributed by atoms with Crippen LogP contribution >= 0.6 is 0 Å². The monoisotopic (exact) mass is 463 g/mol. The van der Waals surface area contributed by atoms with E-state index < -0.39 is 17.7 Å². The summed E-state index contributed by atoms with van der Waals surface area (Å²) in [7, 11) is 0. The van der Waals surface area contributed by atoms with Gasteiger partial charge < -0.3 is 15.7 Å². The summed E-state index contributed by atoms with van der Waals surface area (Å²) in [5, 5.41) is 9.82. The molecule has 1 aromatic carbocycles. The van der Waals surface area contributed by atoms with E-state index in [9.17, 15) is 27.9 Å². The van der Waals surface area contributed by atoms with Gasteiger partial charge in [0.05, 0.1) is 0 Å². The minimum Gasteiger partial charge on any atom is -0.376 e. The summed E-state index contributed by atoms with van der Waals surface area (Å²) >= 11 is 0. The number of carbonyl (C=O) groups is 2. The molecule has 0 bridgehead atoms. The van der Waals surface area contributed by atoms with E-state index in [1.54, 1.807) is 17.2 Å². The Balaban J connectivity index is 1.66. The van der Waals surface area contributed by atoms with Crippen LogP contribution in [-0.4, -0.2) is 45.6 Å². The number of alkyl halides is 3. The van der Waals surface area contributed by atoms with Crippen LogP contribution < -0.4 is 5.73 Å². The molecule has 1 saturated carbocycles. The van der Waals surface area contributed by atoms with Gasteiger partial charge in [-0.3, -0.25) is 14.6 Å². The zero-order valence-corrected chi connectivity index (χ0v) is 18.6. The Morgan fingerprint density at radius 1 is 1.09 bits per heavy atom. The normalized spacial score (nSPS) is 20.7. The lowest BCUT2D eigenvalue weighted by atomic mass is 9.81. The van der Waals surface area contributed by atoms with Crippen molar-refractivity contribution >= 4 is 11.8 Å². The van der Waals surface area contributed by atoms with E-state index in [-0.39, 0.29) is 34.7 Å². The summed E-state index contributed by atoms with van der Waals surface area (Å²) in [5.41, 5.74) is 3.47. The number of benzene rings is 1. The molecule has 1 aliphatic rings. The Morgan fingerprint density at radius 3 is 2.15 bits per heavy atom. The third-order valence-electron chi connectivity index (χ3n) is 6.50. The van der Waals surface area contributed by atoms with Crippen LogP contribution in [0.2, 0.25) is 0 Å². The lowest BCUT2D eigenvalue weighted by Crippen LogP contribution is -2.42. The van der Waals surface area contributed by atoms with Crippen LogP contribution in [0.4, 0.5) is 13.2 Å². The number of hydrogen-bond acceptors (Lipinski definition) is 4. The van der Waals surface area contributed by atoms with Crippen LogP contribution in [0.5, 0.6) is 0 Å². The molecule has 1 heterocycles. The molecular formula is C24H28F3N3O3. The summed E-state index contributed by atoms with van der Waals surface area (Å²) in [6.45, 7) is 3.04. The number of hydrogen-bond donors (Lipinski definition) is 2. The third kappa shape index (κ3) is 5.19. The van der Waals surface area contributed by atoms with Gasteiger partial charge in [-0.15, -0.1) is 0 Å². The maximum absolute atomic E-state index is 13.1. The van der Waals surface area contributed by atoms with Crippen LogP contribution in [0, 0.1) is 0 Å². The Morgan fingerprint density at radius 2 is 1.70 bits per heavy atom. The smallest absolute Gasteiger partial charge is 0.376 e. The highest BCUT2D eigenvalue weighted by molar-refractivity contribution is 5.94. The summed E-state index contributed by atoms with van der Waals surface area (Å²) < 4.78 is 39.2. The standard InChI is InChI=1S/C24H28F3N3O3/c1-3-30(22(32)16-4-9-18(10-5-16)23(2,33)24(25,26)27)19-11-6-15(7-12-19)17-8-13-20(21(28)31)29-14-17/h4-5,8-10,13-15,19,33H,3,6-7,11-12H2,1-2H3,(H2,28,31)/t15?,19?,23-/m0/s1. The summed E-state index contributed by atoms with van der Waals surface area (Å²) in [5.74, 6) is -0.544. The molecule has 3 rings (SSSR count). The second-order valence-electron chi connectivity index (χ2n) is 8.58. The molecule has 6 nitrogen and oxygen atoms in total. The first-order valence-corrected chi connectivity index (χ1v) is 10.9. The number of carbonyl (C=O) groups excluding carboxylic acids is 2. The first-order valence-electron chi connectivity index (χ1n) is 10.9. The predicted molar refractivity (Wildman–Crippen MR) is 117 cm³/mol. The van der Waals surface area contributed by atoms with E-state index in [2.05, 4.69) is 4.98 Å². The van der Waals surface area contributed by atoms with Gasteiger partial charge in [-0.1, -0.05) is 18.2 Å². The largest absolute Gasteiger partial charge is 0.421 e. The van der Waals surface area contributed by atoms with E-state index in [1.165, 1.54) is 12.1 Å². The average molecular weight is 464 g/mol. The lowest BCUT2D eigenvalue weighted by Gasteiger charge is -2.36. The maximum Gasteiger partial charge on any atom is 0.421 e. The van der Waals surface area contributed by atoms with Gasteiger partial charge >= 0.3 is 6.18 Å². The minimum atomic E-state index is -4.82. The van der Waals surface area contributed by atoms with Crippen LogP contribution in [0.15, 0.2) is 42.6 Å². The molecule has 0 spiro atoms. The van der Waals surface area contributed by atoms with Crippen LogP contribution in [0.3, 0.4) is 0 Å². The van der Waals surface area contributed by atoms with E-state index in [1.807, 2.05) is 13.0 Å². The highest BCUT2D eigenvalue weighted by atomic mass is 19.4. The number of nitrogens with two attached hydrogens (primary N) is 1. The van der Waals surface area contributed by atoms with Crippen molar-refractivity contribution < 1.29 is 27.9 Å². The number of halogens is 3. The van der Waals surface area contributed by atoms with Gasteiger partial charge in [0, 0.05) is 24.3 Å². The molecule has 0 aliphatic heterocycles. The molecule has 1 fully saturated rings. The SMILES string of the molecule is CCN(C(=O)c1ccc([C@](C)(O)C(F)(F)F)cc1)C1CCC(c2ccc(C(N)=O)nc2)CC1. The first kappa shape index (κ1) is 24.7. The molecule has 2 amide bonds. The Hall–Kier alpha value is -2.94. The number of aromatic nitrogens is 1. The van der Waals surface area contributed by atoms with Crippen molar-refractivity contribution in [2.24, 2.45) is 5.73 Å². The lowest BCUT2D eigenvalue weighted by molar-refractivity contribution is -0.258. The fourth-order valence-electron chi connectivity index (χ4n) is 4.35. The van der Waals surface area contributed by atoms with Crippen molar-refractivity contribution in [1.82, 2.24) is 9.88 Å². The second kappa shape index (κ2) is 9.51. The van der Waals surface area contributed by atoms with Crippen molar-refractivity contribution in [3.05, 3.63) is 65.0 Å². The topological polar surface area (TPSA) is 96.5 Å². The molecular weight excluding hydrogens is 435 g/mol. The predicted octanol–water partition coefficient (Wildman–Crippen LogP) is 4.14. The molecule has 0 radical (unpaired) electrons. The Labute approximate surface area is 190 Å². The van der Waals surface area contributed by atoms with Crippen molar-refractivity contribution in [3.8, 4) is 0 Å². The molecule has 9 heteroatoms. The van der Waals surface area contributed by atoms with E-state index >= 15 is 0 Å². The maximum atomic E-state index is 13.1. The first-order chi connectivity index (χ1) is 15.5. The number of primary amides is 1. The molecule has 0 unspecified atom stereocenters. The van der Waals surface area contributed by atoms with Gasteiger partial charge in [-0.05, 0) is 74.8 Å². The number of aliphatic hydroxyl groups is 1. The molecule has 33 heavy (non-hydrogen) atoms. The molecule has 1 aliphatic carbocycles. The highest BCUT2D eigenvalue weighted by Gasteiger charge is 2.51. The Bertz CT molecular complexity index is 981. The molecule has 3 N–H and O–H groups in total. The number of nitrogens with zero attached hydrogens (tertiary/aromatic N) is 2. The van der Waals surface area contributed by atoms with Crippen LogP contribution in [-0.2, 0) is 5.60 Å². The van der Waals surface area contributed by atoms with Gasteiger partial charge in [-0.25, -0.2) is 0 Å². The summed E-state index contributed by atoms with van der Waals surface area (Å²) in [6.07, 6.45) is 0.109. The van der Waals surface area contributed by atoms with Crippen molar-refractivity contribution in [3.63, 3.8) is 0 Å². The van der Waals surface area contributed by atoms with Crippen molar-refractivity contribution in [1.29, 1.82) is 0 Å². The number of amides is 2. The fraction of sp³-hybridized carbons (Fsp3) is 0.458. The zero-order chi connectivity index (χ0) is 24.4. The van der Waals surface area contributed by atoms with Gasteiger partial charge in [0.25, 0.3) is 11.8 Å². The molecule has 1 atom stereocenters. The van der Waals surface area contributed by atoms with Crippen molar-refractivity contribution in [2.75, 3.05) is 6.54 Å². The van der Waals surface area contributed by atoms with E-state index in [0.717, 1.165) is 43.4 Å². The minimum absolute atomic E-state index is 0.0227. The van der Waals surface area contributed by atoms with Crippen LogP contribution in [0.25, 0.3) is 0 Å². The highest BCUT2D eigenvalue weighted by Crippen LogP contribution is 2.39. The molecule has 178 valence electrons. The van der Waals surface area contributed by atoms with Gasteiger partial charge in [0.1, 0.15) is 5.69 Å². The Kier molecular flexibility index (Phi) is 7.11. The summed E-state index contributed by atoms with van der Waals surface area (Å²) in [6, 6.07) is 8.46. The molecule has 0 saturated heterocycles. The third-order valence-corrected chi connectivity index (χ3v) is 6.50. The van der Waals surface area contributed by atoms with Crippen LogP contribution in [0.1, 0.15) is 77.4 Å². The number of rotatable bonds is 6. The van der Waals surface area contributed by atoms with Gasteiger partial charge in [-0.2, -0.15) is 13.2 Å². The average Bonchev–Trinajstić information content (AvgIpc) is 2.79. The quantitative estimate of drug-likeness (QED) is 0.673. The van der Waals surface area contributed by atoms with Gasteiger partial charge in [0.15, 0.2) is 5.60 Å². The van der Waals surface area contributed by atoms with Gasteiger partial charge in [0.2, 0.25) is 0 Å². The fourth-order valence-corrected chi connectivity index (χ4v) is 4.35. The zero-order valence-electron chi connectivity index (χ0n) is 18.6.